The van der Waals surface area contributed by atoms with Gasteiger partial charge in [-0.1, -0.05) is 0 Å². The van der Waals surface area contributed by atoms with E-state index in [9.17, 15) is 0 Å². The molecule has 0 unspecified atom stereocenters. The molecule has 78 valence electrons. The first kappa shape index (κ1) is 10.5. The van der Waals surface area contributed by atoms with E-state index in [2.05, 4.69) is 26.0 Å². The van der Waals surface area contributed by atoms with E-state index in [1.54, 1.807) is 28.8 Å². The van der Waals surface area contributed by atoms with Crippen LogP contribution >= 0.6 is 27.7 Å². The molecular weight excluding hydrogens is 276 g/mol. The van der Waals surface area contributed by atoms with Gasteiger partial charge in [0.15, 0.2) is 5.82 Å². The van der Waals surface area contributed by atoms with Gasteiger partial charge >= 0.3 is 0 Å². The van der Waals surface area contributed by atoms with E-state index in [-0.39, 0.29) is 0 Å². The molecule has 0 amide bonds. The summed E-state index contributed by atoms with van der Waals surface area (Å²) in [5.74, 6) is 1.34. The van der Waals surface area contributed by atoms with Crippen LogP contribution < -0.4 is 5.73 Å². The molecule has 0 aliphatic heterocycles. The van der Waals surface area contributed by atoms with Crippen LogP contribution in [-0.2, 0) is 0 Å². The highest BCUT2D eigenvalue weighted by atomic mass is 79.9. The van der Waals surface area contributed by atoms with Crippen molar-refractivity contribution < 1.29 is 0 Å². The van der Waals surface area contributed by atoms with E-state index in [0.29, 0.717) is 5.82 Å². The number of hydrogen-bond acceptors (Lipinski definition) is 4. The standard InChI is InChI=1S/C9H9BrN4S/c1-15-7-5-13-14(9(7)11)8-3-2-6(10)4-12-8/h2-5H,11H2,1H3. The maximum Gasteiger partial charge on any atom is 0.155 e. The average Bonchev–Trinajstić information content (AvgIpc) is 2.61. The molecule has 2 aromatic heterocycles. The summed E-state index contributed by atoms with van der Waals surface area (Å²) >= 11 is 4.90. The van der Waals surface area contributed by atoms with Crippen LogP contribution in [0.25, 0.3) is 5.82 Å². The van der Waals surface area contributed by atoms with E-state index >= 15 is 0 Å². The quantitative estimate of drug-likeness (QED) is 0.860. The summed E-state index contributed by atoms with van der Waals surface area (Å²) in [5, 5.41) is 4.18. The van der Waals surface area contributed by atoms with Gasteiger partial charge in [0.05, 0.1) is 11.1 Å². The lowest BCUT2D eigenvalue weighted by Gasteiger charge is -2.03. The number of nitrogens with two attached hydrogens (primary N) is 1. The molecule has 0 radical (unpaired) electrons. The molecular formula is C9H9BrN4S. The zero-order chi connectivity index (χ0) is 10.8. The van der Waals surface area contributed by atoms with Gasteiger partial charge in [-0.3, -0.25) is 0 Å². The van der Waals surface area contributed by atoms with Gasteiger partial charge in [-0.15, -0.1) is 11.8 Å². The largest absolute Gasteiger partial charge is 0.383 e. The van der Waals surface area contributed by atoms with Gasteiger partial charge in [0, 0.05) is 10.7 Å². The lowest BCUT2D eigenvalue weighted by Crippen LogP contribution is -2.03. The van der Waals surface area contributed by atoms with Crippen LogP contribution in [0, 0.1) is 0 Å². The highest BCUT2D eigenvalue weighted by molar-refractivity contribution is 9.10. The highest BCUT2D eigenvalue weighted by Gasteiger charge is 2.08. The number of pyridine rings is 1. The molecule has 2 N–H and O–H groups in total. The van der Waals surface area contributed by atoms with Gasteiger partial charge < -0.3 is 5.73 Å². The Morgan fingerprint density at radius 2 is 2.20 bits per heavy atom. The van der Waals surface area contributed by atoms with E-state index in [1.807, 2.05) is 18.4 Å². The summed E-state index contributed by atoms with van der Waals surface area (Å²) in [6.45, 7) is 0. The number of hydrogen-bond donors (Lipinski definition) is 1. The zero-order valence-electron chi connectivity index (χ0n) is 8.01. The van der Waals surface area contributed by atoms with Crippen LogP contribution in [0.1, 0.15) is 0 Å². The molecule has 0 atom stereocenters. The molecule has 0 spiro atoms. The van der Waals surface area contributed by atoms with Crippen molar-refractivity contribution >= 4 is 33.5 Å². The molecule has 6 heteroatoms. The number of aromatic nitrogens is 3. The maximum absolute atomic E-state index is 5.91. The molecule has 0 aliphatic carbocycles. The van der Waals surface area contributed by atoms with E-state index in [1.165, 1.54) is 0 Å². The first-order valence-electron chi connectivity index (χ1n) is 4.22. The number of anilines is 1. The Kier molecular flexibility index (Phi) is 2.97. The molecule has 2 aromatic rings. The predicted molar refractivity (Wildman–Crippen MR) is 65.3 cm³/mol. The summed E-state index contributed by atoms with van der Waals surface area (Å²) in [7, 11) is 0. The molecule has 0 fully saturated rings. The van der Waals surface area contributed by atoms with Crippen molar-refractivity contribution in [3.63, 3.8) is 0 Å². The minimum atomic E-state index is 0.623. The predicted octanol–water partition coefficient (Wildman–Crippen LogP) is 2.33. The third-order valence-electron chi connectivity index (χ3n) is 1.92. The van der Waals surface area contributed by atoms with Gasteiger partial charge in [-0.25, -0.2) is 4.98 Å². The normalized spacial score (nSPS) is 10.5. The average molecular weight is 285 g/mol. The fraction of sp³-hybridized carbons (Fsp3) is 0.111. The van der Waals surface area contributed by atoms with E-state index < -0.39 is 0 Å². The number of thioether (sulfide) groups is 1. The number of rotatable bonds is 2. The van der Waals surface area contributed by atoms with Crippen molar-refractivity contribution in [1.82, 2.24) is 14.8 Å². The fourth-order valence-corrected chi connectivity index (χ4v) is 1.86. The van der Waals surface area contributed by atoms with E-state index in [4.69, 9.17) is 5.73 Å². The fourth-order valence-electron chi connectivity index (χ4n) is 1.18. The monoisotopic (exact) mass is 284 g/mol. The molecule has 0 aromatic carbocycles. The minimum Gasteiger partial charge on any atom is -0.383 e. The molecule has 0 aliphatic rings. The third kappa shape index (κ3) is 2.00. The number of nitrogen functional groups attached to an aromatic ring is 1. The smallest absolute Gasteiger partial charge is 0.155 e. The summed E-state index contributed by atoms with van der Waals surface area (Å²) in [5.41, 5.74) is 5.91. The molecule has 2 heterocycles. The lowest BCUT2D eigenvalue weighted by atomic mass is 10.4. The summed E-state index contributed by atoms with van der Waals surface area (Å²) in [6.07, 6.45) is 5.42. The van der Waals surface area contributed by atoms with Crippen molar-refractivity contribution in [3.05, 3.63) is 29.0 Å². The Labute approximate surface area is 100 Å². The van der Waals surface area contributed by atoms with Crippen molar-refractivity contribution in [2.45, 2.75) is 4.90 Å². The van der Waals surface area contributed by atoms with Crippen LogP contribution in [0.2, 0.25) is 0 Å². The van der Waals surface area contributed by atoms with E-state index in [0.717, 1.165) is 15.2 Å². The summed E-state index contributed by atoms with van der Waals surface area (Å²) in [4.78, 5) is 5.18. The van der Waals surface area contributed by atoms with Crippen molar-refractivity contribution in [2.24, 2.45) is 0 Å². The molecule has 15 heavy (non-hydrogen) atoms. The molecule has 0 bridgehead atoms. The van der Waals surface area contributed by atoms with Crippen molar-refractivity contribution in [1.29, 1.82) is 0 Å². The Morgan fingerprint density at radius 1 is 1.40 bits per heavy atom. The van der Waals surface area contributed by atoms with Gasteiger partial charge in [0.2, 0.25) is 0 Å². The number of nitrogens with zero attached hydrogens (tertiary/aromatic N) is 3. The summed E-state index contributed by atoms with van der Waals surface area (Å²) < 4.78 is 2.56. The maximum atomic E-state index is 5.91. The molecule has 2 rings (SSSR count). The Bertz CT molecular complexity index is 465. The summed E-state index contributed by atoms with van der Waals surface area (Å²) in [6, 6.07) is 3.76. The van der Waals surface area contributed by atoms with Crippen LogP contribution in [-0.4, -0.2) is 21.0 Å². The van der Waals surface area contributed by atoms with Crippen molar-refractivity contribution in [2.75, 3.05) is 12.0 Å². The van der Waals surface area contributed by atoms with Gasteiger partial charge in [0.1, 0.15) is 5.82 Å². The second-order valence-corrected chi connectivity index (χ2v) is 4.61. The zero-order valence-corrected chi connectivity index (χ0v) is 10.4. The second-order valence-electron chi connectivity index (χ2n) is 2.84. The topological polar surface area (TPSA) is 56.7 Å². The first-order valence-corrected chi connectivity index (χ1v) is 6.23. The number of halogens is 1. The Morgan fingerprint density at radius 3 is 2.73 bits per heavy atom. The van der Waals surface area contributed by atoms with Crippen LogP contribution in [0.4, 0.5) is 5.82 Å². The lowest BCUT2D eigenvalue weighted by molar-refractivity contribution is 0.856. The van der Waals surface area contributed by atoms with Gasteiger partial charge in [-0.05, 0) is 34.3 Å². The third-order valence-corrected chi connectivity index (χ3v) is 3.14. The Hall–Kier alpha value is -1.01. The van der Waals surface area contributed by atoms with Crippen molar-refractivity contribution in [3.8, 4) is 5.82 Å². The first-order chi connectivity index (χ1) is 7.22. The molecule has 4 nitrogen and oxygen atoms in total. The second kappa shape index (κ2) is 4.24. The van der Waals surface area contributed by atoms with Crippen LogP contribution in [0.3, 0.4) is 0 Å². The SMILES string of the molecule is CSc1cnn(-c2ccc(Br)cn2)c1N. The molecule has 0 saturated carbocycles. The highest BCUT2D eigenvalue weighted by Crippen LogP contribution is 2.24. The van der Waals surface area contributed by atoms with Gasteiger partial charge in [-0.2, -0.15) is 9.78 Å². The Balaban J connectivity index is 2.45. The van der Waals surface area contributed by atoms with Gasteiger partial charge in [0.25, 0.3) is 0 Å². The molecule has 0 saturated heterocycles. The van der Waals surface area contributed by atoms with Crippen LogP contribution in [0.5, 0.6) is 0 Å². The minimum absolute atomic E-state index is 0.623. The van der Waals surface area contributed by atoms with Crippen LogP contribution in [0.15, 0.2) is 33.9 Å².